The van der Waals surface area contributed by atoms with Crippen LogP contribution in [0.15, 0.2) is 37.5 Å². The van der Waals surface area contributed by atoms with E-state index >= 15 is 0 Å². The first kappa shape index (κ1) is 21.0. The van der Waals surface area contributed by atoms with E-state index in [-0.39, 0.29) is 5.95 Å². The lowest BCUT2D eigenvalue weighted by Gasteiger charge is -2.09. The zero-order valence-corrected chi connectivity index (χ0v) is 14.1. The zero-order chi connectivity index (χ0) is 17.3. The molecule has 0 heterocycles. The highest BCUT2D eigenvalue weighted by Crippen LogP contribution is 2.10. The van der Waals surface area contributed by atoms with Crippen LogP contribution in [0, 0.1) is 0 Å². The van der Waals surface area contributed by atoms with Crippen molar-refractivity contribution in [1.82, 2.24) is 0 Å². The molecule has 0 aromatic carbocycles. The molecule has 5 nitrogen and oxygen atoms in total. The monoisotopic (exact) mass is 324 g/mol. The lowest BCUT2D eigenvalue weighted by Crippen LogP contribution is -2.07. The summed E-state index contributed by atoms with van der Waals surface area (Å²) in [6.07, 6.45) is 12.3. The predicted octanol–water partition coefficient (Wildman–Crippen LogP) is 4.40. The van der Waals surface area contributed by atoms with Crippen LogP contribution < -0.4 is 0 Å². The number of carbonyl (C=O) groups excluding carboxylic acids is 2. The minimum atomic E-state index is -0.679. The molecule has 0 radical (unpaired) electrons. The first-order chi connectivity index (χ1) is 11.1. The van der Waals surface area contributed by atoms with E-state index in [2.05, 4.69) is 24.8 Å². The third-order valence-corrected chi connectivity index (χ3v) is 3.05. The van der Waals surface area contributed by atoms with Crippen molar-refractivity contribution in [3.05, 3.63) is 37.5 Å². The summed E-state index contributed by atoms with van der Waals surface area (Å²) >= 11 is 0. The van der Waals surface area contributed by atoms with E-state index < -0.39 is 11.9 Å². The molecule has 0 aromatic rings. The molecule has 0 unspecified atom stereocenters. The highest BCUT2D eigenvalue weighted by Gasteiger charge is 2.07. The SMILES string of the molecule is C=CC(=O)O/C=C(\OCCCCCCCCCC)OC(=O)C=C. The van der Waals surface area contributed by atoms with Crippen molar-refractivity contribution < 1.29 is 23.8 Å². The Kier molecular flexibility index (Phi) is 13.6. The molecule has 5 heteroatoms. The first-order valence-electron chi connectivity index (χ1n) is 8.14. The van der Waals surface area contributed by atoms with Gasteiger partial charge in [0, 0.05) is 12.2 Å². The number of carbonyl (C=O) groups is 2. The molecule has 0 saturated heterocycles. The largest absolute Gasteiger partial charge is 0.463 e. The molecule has 0 bridgehead atoms. The Balaban J connectivity index is 3.95. The van der Waals surface area contributed by atoms with Gasteiger partial charge < -0.3 is 14.2 Å². The molecule has 0 aliphatic rings. The second-order valence-corrected chi connectivity index (χ2v) is 5.03. The third-order valence-electron chi connectivity index (χ3n) is 3.05. The molecule has 0 aromatic heterocycles. The Labute approximate surface area is 139 Å². The van der Waals surface area contributed by atoms with Crippen molar-refractivity contribution in [1.29, 1.82) is 0 Å². The second-order valence-electron chi connectivity index (χ2n) is 5.03. The van der Waals surface area contributed by atoms with Crippen LogP contribution in [0.1, 0.15) is 58.3 Å². The van der Waals surface area contributed by atoms with Gasteiger partial charge in [0.1, 0.15) is 0 Å². The van der Waals surface area contributed by atoms with Crippen LogP contribution >= 0.6 is 0 Å². The quantitative estimate of drug-likeness (QED) is 0.205. The van der Waals surface area contributed by atoms with E-state index in [0.717, 1.165) is 37.7 Å². The predicted molar refractivity (Wildman–Crippen MR) is 89.2 cm³/mol. The standard InChI is InChI=1S/C18H28O5/c1-4-7-8-9-10-11-12-13-14-21-18(23-17(20)6-3)15-22-16(19)5-2/h5-6,15H,2-4,7-14H2,1H3/b18-15+. The van der Waals surface area contributed by atoms with Crippen LogP contribution in [-0.4, -0.2) is 18.5 Å². The summed E-state index contributed by atoms with van der Waals surface area (Å²) in [5, 5.41) is 0. The molecule has 0 rings (SSSR count). The molecular formula is C18H28O5. The molecule has 0 saturated carbocycles. The Morgan fingerprint density at radius 2 is 1.43 bits per heavy atom. The summed E-state index contributed by atoms with van der Waals surface area (Å²) in [4.78, 5) is 22.2. The van der Waals surface area contributed by atoms with E-state index in [4.69, 9.17) is 9.47 Å². The molecule has 0 aliphatic heterocycles. The van der Waals surface area contributed by atoms with Gasteiger partial charge in [-0.15, -0.1) is 0 Å². The fourth-order valence-electron chi connectivity index (χ4n) is 1.79. The van der Waals surface area contributed by atoms with Gasteiger partial charge >= 0.3 is 17.9 Å². The average molecular weight is 324 g/mol. The molecule has 0 N–H and O–H groups in total. The lowest BCUT2D eigenvalue weighted by atomic mass is 10.1. The molecule has 0 spiro atoms. The Morgan fingerprint density at radius 3 is 2.00 bits per heavy atom. The minimum absolute atomic E-state index is 0.159. The van der Waals surface area contributed by atoms with E-state index in [1.165, 1.54) is 32.1 Å². The van der Waals surface area contributed by atoms with Crippen LogP contribution in [0.2, 0.25) is 0 Å². The fraction of sp³-hybridized carbons (Fsp3) is 0.556. The second kappa shape index (κ2) is 14.9. The number of hydrogen-bond acceptors (Lipinski definition) is 5. The summed E-state index contributed by atoms with van der Waals surface area (Å²) < 4.78 is 14.8. The summed E-state index contributed by atoms with van der Waals surface area (Å²) in [6, 6.07) is 0. The number of unbranched alkanes of at least 4 members (excludes halogenated alkanes) is 7. The van der Waals surface area contributed by atoms with E-state index in [0.29, 0.717) is 6.61 Å². The van der Waals surface area contributed by atoms with Gasteiger partial charge in [0.05, 0.1) is 6.61 Å². The van der Waals surface area contributed by atoms with Gasteiger partial charge in [-0.05, 0) is 6.42 Å². The van der Waals surface area contributed by atoms with Gasteiger partial charge in [-0.2, -0.15) is 0 Å². The maximum Gasteiger partial charge on any atom is 0.338 e. The van der Waals surface area contributed by atoms with Crippen LogP contribution in [-0.2, 0) is 23.8 Å². The molecule has 0 amide bonds. The zero-order valence-electron chi connectivity index (χ0n) is 14.1. The molecule has 23 heavy (non-hydrogen) atoms. The van der Waals surface area contributed by atoms with Gasteiger partial charge in [-0.3, -0.25) is 0 Å². The van der Waals surface area contributed by atoms with Crippen molar-refractivity contribution >= 4 is 11.9 Å². The minimum Gasteiger partial charge on any atom is -0.463 e. The van der Waals surface area contributed by atoms with Gasteiger partial charge in [0.25, 0.3) is 0 Å². The van der Waals surface area contributed by atoms with Crippen molar-refractivity contribution in [2.45, 2.75) is 58.3 Å². The molecule has 0 atom stereocenters. The van der Waals surface area contributed by atoms with Crippen molar-refractivity contribution in [2.75, 3.05) is 6.61 Å². The Morgan fingerprint density at radius 1 is 0.870 bits per heavy atom. The highest BCUT2D eigenvalue weighted by atomic mass is 16.7. The maximum absolute atomic E-state index is 11.2. The van der Waals surface area contributed by atoms with Gasteiger partial charge in [-0.25, -0.2) is 9.59 Å². The third kappa shape index (κ3) is 13.4. The van der Waals surface area contributed by atoms with E-state index in [1.54, 1.807) is 0 Å². The lowest BCUT2D eigenvalue weighted by molar-refractivity contribution is -0.142. The van der Waals surface area contributed by atoms with Crippen molar-refractivity contribution in [3.8, 4) is 0 Å². The van der Waals surface area contributed by atoms with E-state index in [9.17, 15) is 9.59 Å². The first-order valence-corrected chi connectivity index (χ1v) is 8.14. The maximum atomic E-state index is 11.2. The van der Waals surface area contributed by atoms with Crippen LogP contribution in [0.3, 0.4) is 0 Å². The number of ether oxygens (including phenoxy) is 3. The number of rotatable bonds is 14. The summed E-state index contributed by atoms with van der Waals surface area (Å²) in [7, 11) is 0. The van der Waals surface area contributed by atoms with Gasteiger partial charge in [0.15, 0.2) is 6.26 Å². The van der Waals surface area contributed by atoms with Crippen LogP contribution in [0.4, 0.5) is 0 Å². The molecule has 130 valence electrons. The summed E-state index contributed by atoms with van der Waals surface area (Å²) in [6.45, 7) is 9.15. The smallest absolute Gasteiger partial charge is 0.338 e. The van der Waals surface area contributed by atoms with Crippen molar-refractivity contribution in [2.24, 2.45) is 0 Å². The van der Waals surface area contributed by atoms with E-state index in [1.807, 2.05) is 0 Å². The molecular weight excluding hydrogens is 296 g/mol. The van der Waals surface area contributed by atoms with Crippen molar-refractivity contribution in [3.63, 3.8) is 0 Å². The van der Waals surface area contributed by atoms with Gasteiger partial charge in [-0.1, -0.05) is 65.0 Å². The topological polar surface area (TPSA) is 61.8 Å². The molecule has 0 aliphatic carbocycles. The van der Waals surface area contributed by atoms with Crippen LogP contribution in [0.5, 0.6) is 0 Å². The summed E-state index contributed by atoms with van der Waals surface area (Å²) in [5.41, 5.74) is 0. The number of hydrogen-bond donors (Lipinski definition) is 0. The normalized spacial score (nSPS) is 10.7. The van der Waals surface area contributed by atoms with Gasteiger partial charge in [0.2, 0.25) is 0 Å². The van der Waals surface area contributed by atoms with Crippen LogP contribution in [0.25, 0.3) is 0 Å². The Bertz CT molecular complexity index is 398. The fourth-order valence-corrected chi connectivity index (χ4v) is 1.79. The average Bonchev–Trinajstić information content (AvgIpc) is 2.57. The summed E-state index contributed by atoms with van der Waals surface area (Å²) in [5.74, 6) is -1.50. The number of esters is 2. The Hall–Kier alpha value is -2.04. The molecule has 0 fully saturated rings. The highest BCUT2D eigenvalue weighted by molar-refractivity contribution is 5.82.